The van der Waals surface area contributed by atoms with Gasteiger partial charge in [-0.25, -0.2) is 0 Å². The standard InChI is InChI=1S/C20H29NO5/c1-13-7-6-8-14(2)17(13)21-12-20(10-16(21)24,9-15(23)11-22)18(25)26-19(3,4)5/h6-8,15,22-23H,9-12H2,1-5H3. The Labute approximate surface area is 154 Å². The van der Waals surface area contributed by atoms with Crippen LogP contribution in [0.1, 0.15) is 44.7 Å². The van der Waals surface area contributed by atoms with E-state index in [4.69, 9.17) is 4.74 Å². The van der Waals surface area contributed by atoms with Gasteiger partial charge in [0.2, 0.25) is 5.91 Å². The van der Waals surface area contributed by atoms with Crippen molar-refractivity contribution in [2.75, 3.05) is 18.1 Å². The van der Waals surface area contributed by atoms with Crippen molar-refractivity contribution in [3.63, 3.8) is 0 Å². The largest absolute Gasteiger partial charge is 0.459 e. The molecule has 0 aliphatic carbocycles. The molecule has 6 nitrogen and oxygen atoms in total. The highest BCUT2D eigenvalue weighted by Crippen LogP contribution is 2.42. The van der Waals surface area contributed by atoms with Crippen molar-refractivity contribution in [1.82, 2.24) is 0 Å². The van der Waals surface area contributed by atoms with Gasteiger partial charge < -0.3 is 19.8 Å². The second-order valence-electron chi connectivity index (χ2n) is 8.22. The Morgan fingerprint density at radius 1 is 1.31 bits per heavy atom. The van der Waals surface area contributed by atoms with Gasteiger partial charge in [0.1, 0.15) is 5.60 Å². The van der Waals surface area contributed by atoms with Crippen molar-refractivity contribution >= 4 is 17.6 Å². The number of aryl methyl sites for hydroxylation is 2. The molecule has 2 atom stereocenters. The summed E-state index contributed by atoms with van der Waals surface area (Å²) >= 11 is 0. The van der Waals surface area contributed by atoms with E-state index in [-0.39, 0.29) is 25.3 Å². The van der Waals surface area contributed by atoms with Crippen molar-refractivity contribution in [2.24, 2.45) is 5.41 Å². The summed E-state index contributed by atoms with van der Waals surface area (Å²) in [6.45, 7) is 8.80. The third-order valence-electron chi connectivity index (χ3n) is 4.63. The first-order chi connectivity index (χ1) is 12.0. The lowest BCUT2D eigenvalue weighted by molar-refractivity contribution is -0.169. The van der Waals surface area contributed by atoms with E-state index in [0.717, 1.165) is 16.8 Å². The molecule has 1 aromatic rings. The fraction of sp³-hybridized carbons (Fsp3) is 0.600. The van der Waals surface area contributed by atoms with Crippen LogP contribution in [0.2, 0.25) is 0 Å². The van der Waals surface area contributed by atoms with E-state index in [1.807, 2.05) is 32.0 Å². The van der Waals surface area contributed by atoms with Crippen LogP contribution in [0.5, 0.6) is 0 Å². The molecule has 1 saturated heterocycles. The summed E-state index contributed by atoms with van der Waals surface area (Å²) in [5, 5.41) is 19.3. The normalized spacial score (nSPS) is 21.8. The average Bonchev–Trinajstić information content (AvgIpc) is 2.83. The highest BCUT2D eigenvalue weighted by molar-refractivity contribution is 6.02. The van der Waals surface area contributed by atoms with Crippen molar-refractivity contribution < 1.29 is 24.5 Å². The number of amides is 1. The molecule has 0 radical (unpaired) electrons. The van der Waals surface area contributed by atoms with Gasteiger partial charge in [-0.3, -0.25) is 9.59 Å². The number of anilines is 1. The van der Waals surface area contributed by atoms with E-state index in [9.17, 15) is 19.8 Å². The van der Waals surface area contributed by atoms with Crippen LogP contribution in [-0.4, -0.2) is 46.9 Å². The van der Waals surface area contributed by atoms with Crippen LogP contribution in [0.3, 0.4) is 0 Å². The zero-order valence-corrected chi connectivity index (χ0v) is 16.2. The van der Waals surface area contributed by atoms with Gasteiger partial charge in [-0.1, -0.05) is 18.2 Å². The Kier molecular flexibility index (Phi) is 5.78. The Bertz CT molecular complexity index is 674. The van der Waals surface area contributed by atoms with Gasteiger partial charge in [-0.15, -0.1) is 0 Å². The number of nitrogens with zero attached hydrogens (tertiary/aromatic N) is 1. The number of carbonyl (C=O) groups is 2. The summed E-state index contributed by atoms with van der Waals surface area (Å²) < 4.78 is 5.55. The lowest BCUT2D eigenvalue weighted by Crippen LogP contribution is -2.43. The summed E-state index contributed by atoms with van der Waals surface area (Å²) in [5.41, 5.74) is 0.799. The molecule has 26 heavy (non-hydrogen) atoms. The molecule has 2 N–H and O–H groups in total. The van der Waals surface area contributed by atoms with E-state index in [1.165, 1.54) is 0 Å². The third kappa shape index (κ3) is 4.24. The van der Waals surface area contributed by atoms with Gasteiger partial charge >= 0.3 is 5.97 Å². The van der Waals surface area contributed by atoms with E-state index >= 15 is 0 Å². The van der Waals surface area contributed by atoms with Crippen LogP contribution in [0.15, 0.2) is 18.2 Å². The Balaban J connectivity index is 2.41. The maximum atomic E-state index is 12.9. The summed E-state index contributed by atoms with van der Waals surface area (Å²) in [7, 11) is 0. The highest BCUT2D eigenvalue weighted by Gasteiger charge is 2.52. The summed E-state index contributed by atoms with van der Waals surface area (Å²) in [5.74, 6) is -0.696. The number of para-hydroxylation sites is 1. The molecule has 1 aliphatic heterocycles. The van der Waals surface area contributed by atoms with E-state index in [2.05, 4.69) is 0 Å². The van der Waals surface area contributed by atoms with Gasteiger partial charge in [0.05, 0.1) is 18.1 Å². The summed E-state index contributed by atoms with van der Waals surface area (Å²) in [6, 6.07) is 5.77. The van der Waals surface area contributed by atoms with Gasteiger partial charge in [-0.2, -0.15) is 0 Å². The number of hydrogen-bond donors (Lipinski definition) is 2. The predicted molar refractivity (Wildman–Crippen MR) is 98.9 cm³/mol. The Morgan fingerprint density at radius 3 is 2.38 bits per heavy atom. The molecule has 1 fully saturated rings. The minimum Gasteiger partial charge on any atom is -0.459 e. The minimum atomic E-state index is -1.18. The molecule has 1 aromatic carbocycles. The van der Waals surface area contributed by atoms with Gasteiger partial charge in [-0.05, 0) is 52.2 Å². The highest BCUT2D eigenvalue weighted by atomic mass is 16.6. The van der Waals surface area contributed by atoms with Crippen LogP contribution < -0.4 is 4.90 Å². The Hall–Kier alpha value is -1.92. The second kappa shape index (κ2) is 7.37. The number of rotatable bonds is 5. The maximum absolute atomic E-state index is 12.9. The minimum absolute atomic E-state index is 0.0222. The van der Waals surface area contributed by atoms with E-state index < -0.39 is 29.7 Å². The molecule has 2 rings (SSSR count). The van der Waals surface area contributed by atoms with Crippen molar-refractivity contribution in [3.8, 4) is 0 Å². The maximum Gasteiger partial charge on any atom is 0.315 e. The topological polar surface area (TPSA) is 87.1 Å². The van der Waals surface area contributed by atoms with Gasteiger partial charge in [0.25, 0.3) is 0 Å². The van der Waals surface area contributed by atoms with Crippen LogP contribution in [0.25, 0.3) is 0 Å². The van der Waals surface area contributed by atoms with Crippen LogP contribution in [0, 0.1) is 19.3 Å². The molecule has 1 amide bonds. The molecular formula is C20H29NO5. The molecule has 0 spiro atoms. The number of carbonyl (C=O) groups excluding carboxylic acids is 2. The molecule has 0 saturated carbocycles. The lowest BCUT2D eigenvalue weighted by atomic mass is 9.81. The third-order valence-corrected chi connectivity index (χ3v) is 4.63. The molecule has 144 valence electrons. The van der Waals surface area contributed by atoms with Crippen molar-refractivity contribution in [1.29, 1.82) is 0 Å². The van der Waals surface area contributed by atoms with E-state index in [0.29, 0.717) is 0 Å². The molecule has 0 aromatic heterocycles. The smallest absolute Gasteiger partial charge is 0.315 e. The molecule has 0 bridgehead atoms. The first-order valence-electron chi connectivity index (χ1n) is 8.88. The van der Waals surface area contributed by atoms with E-state index in [1.54, 1.807) is 25.7 Å². The van der Waals surface area contributed by atoms with Crippen LogP contribution >= 0.6 is 0 Å². The number of benzene rings is 1. The first kappa shape index (κ1) is 20.4. The van der Waals surface area contributed by atoms with Crippen LogP contribution in [-0.2, 0) is 14.3 Å². The van der Waals surface area contributed by atoms with Gasteiger partial charge in [0, 0.05) is 18.7 Å². The second-order valence-corrected chi connectivity index (χ2v) is 8.22. The molecular weight excluding hydrogens is 334 g/mol. The molecule has 6 heteroatoms. The molecule has 1 heterocycles. The quantitative estimate of drug-likeness (QED) is 0.783. The molecule has 2 unspecified atom stereocenters. The SMILES string of the molecule is Cc1cccc(C)c1N1CC(CC(O)CO)(C(=O)OC(C)(C)C)CC1=O. The monoisotopic (exact) mass is 363 g/mol. The summed E-state index contributed by atoms with van der Waals surface area (Å²) in [6.07, 6.45) is -1.16. The number of aliphatic hydroxyl groups excluding tert-OH is 2. The lowest BCUT2D eigenvalue weighted by Gasteiger charge is -2.32. The summed E-state index contributed by atoms with van der Waals surface area (Å²) in [4.78, 5) is 27.4. The number of aliphatic hydroxyl groups is 2. The number of hydrogen-bond acceptors (Lipinski definition) is 5. The van der Waals surface area contributed by atoms with Crippen molar-refractivity contribution in [3.05, 3.63) is 29.3 Å². The first-order valence-corrected chi connectivity index (χ1v) is 8.88. The van der Waals surface area contributed by atoms with Crippen LogP contribution in [0.4, 0.5) is 5.69 Å². The van der Waals surface area contributed by atoms with Crippen molar-refractivity contribution in [2.45, 2.75) is 59.2 Å². The fourth-order valence-electron chi connectivity index (χ4n) is 3.53. The molecule has 1 aliphatic rings. The average molecular weight is 363 g/mol. The fourth-order valence-corrected chi connectivity index (χ4v) is 3.53. The Morgan fingerprint density at radius 2 is 1.88 bits per heavy atom. The number of ether oxygens (including phenoxy) is 1. The predicted octanol–water partition coefficient (Wildman–Crippen LogP) is 2.11. The number of esters is 1. The van der Waals surface area contributed by atoms with Gasteiger partial charge in [0.15, 0.2) is 0 Å². The zero-order valence-electron chi connectivity index (χ0n) is 16.2. The zero-order chi connectivity index (χ0) is 19.7.